The van der Waals surface area contributed by atoms with Gasteiger partial charge >= 0.3 is 0 Å². The highest BCUT2D eigenvalue weighted by molar-refractivity contribution is 5.98. The zero-order valence-electron chi connectivity index (χ0n) is 46.1. The molecule has 0 spiro atoms. The third-order valence-electron chi connectivity index (χ3n) is 13.8. The molecule has 0 saturated heterocycles. The first-order chi connectivity index (χ1) is 39.4. The second-order valence-corrected chi connectivity index (χ2v) is 20.4. The summed E-state index contributed by atoms with van der Waals surface area (Å²) >= 11 is 0. The van der Waals surface area contributed by atoms with Gasteiger partial charge in [0, 0.05) is 61.2 Å². The fourth-order valence-electron chi connectivity index (χ4n) is 9.40. The number of hydrogen-bond donors (Lipinski definition) is 14. The van der Waals surface area contributed by atoms with E-state index in [1.807, 2.05) is 66.7 Å². The van der Waals surface area contributed by atoms with Gasteiger partial charge in [-0.1, -0.05) is 105 Å². The van der Waals surface area contributed by atoms with Crippen molar-refractivity contribution in [2.45, 2.75) is 114 Å². The monoisotopic (exact) mass is 1120 g/mol. The Morgan fingerprint density at radius 2 is 1.16 bits per heavy atom. The van der Waals surface area contributed by atoms with Crippen LogP contribution in [0.25, 0.3) is 21.7 Å². The highest BCUT2D eigenvalue weighted by Gasteiger charge is 2.34. The summed E-state index contributed by atoms with van der Waals surface area (Å²) in [6.45, 7) is 3.16. The summed E-state index contributed by atoms with van der Waals surface area (Å²) in [7, 11) is 0. The fraction of sp³-hybridized carbons (Fsp3) is 0.379. The number of hydrogen-bond acceptors (Lipinski definition) is 12. The van der Waals surface area contributed by atoms with Crippen LogP contribution in [0.4, 0.5) is 0 Å². The number of carbonyl (C=O) groups is 8. The quantitative estimate of drug-likeness (QED) is 0.0150. The molecule has 6 aromatic rings. The second kappa shape index (κ2) is 31.0. The van der Waals surface area contributed by atoms with E-state index in [1.165, 1.54) is 12.5 Å². The molecule has 0 saturated carbocycles. The van der Waals surface area contributed by atoms with Crippen molar-refractivity contribution in [2.24, 2.45) is 39.6 Å². The number of nitrogens with zero attached hydrogens (tertiary/aromatic N) is 2. The number of primary amides is 1. The van der Waals surface area contributed by atoms with Gasteiger partial charge in [-0.15, -0.1) is 0 Å². The van der Waals surface area contributed by atoms with Gasteiger partial charge in [0.15, 0.2) is 5.96 Å². The molecule has 19 N–H and O–H groups in total. The predicted molar refractivity (Wildman–Crippen MR) is 312 cm³/mol. The third-order valence-corrected chi connectivity index (χ3v) is 13.8. The van der Waals surface area contributed by atoms with E-state index in [4.69, 9.17) is 28.7 Å². The molecular formula is C58H76N16O8. The summed E-state index contributed by atoms with van der Waals surface area (Å²) in [6, 6.07) is 20.9. The van der Waals surface area contributed by atoms with Crippen molar-refractivity contribution in [1.29, 1.82) is 0 Å². The SMILES string of the molecule is CC(C)[C@H](NC(=O)[C@H](Cc1ccccc1)NC(=O)[C@H](CCCCN)NC(=O)CNC(=O)[C@H](Cc1c[nH]c2ccccc12)NC(=O)[C@H](CCCN=C(N)N)NC(=O)[C@@H](Cc1cccc2ccccc12)NC(=O)[C@@H](N)Cc1cnc[nH]1)C(N)=O. The lowest BCUT2D eigenvalue weighted by atomic mass is 9.97. The number of aliphatic imine (C=N–C) groups is 1. The summed E-state index contributed by atoms with van der Waals surface area (Å²) < 4.78 is 0. The molecule has 82 heavy (non-hydrogen) atoms. The van der Waals surface area contributed by atoms with Crippen LogP contribution < -0.4 is 65.9 Å². The van der Waals surface area contributed by atoms with Crippen molar-refractivity contribution >= 4 is 74.9 Å². The molecule has 436 valence electrons. The number of amides is 8. The number of H-pyrrole nitrogens is 2. The Hall–Kier alpha value is -9.16. The van der Waals surface area contributed by atoms with Gasteiger partial charge in [0.2, 0.25) is 47.3 Å². The molecule has 4 aromatic carbocycles. The van der Waals surface area contributed by atoms with Crippen LogP contribution >= 0.6 is 0 Å². The normalized spacial score (nSPS) is 13.8. The summed E-state index contributed by atoms with van der Waals surface area (Å²) in [6.07, 6.45) is 5.91. The van der Waals surface area contributed by atoms with E-state index in [9.17, 15) is 38.4 Å². The maximum atomic E-state index is 14.7. The number of nitrogens with one attached hydrogen (secondary N) is 9. The van der Waals surface area contributed by atoms with Gasteiger partial charge in [-0.05, 0) is 78.1 Å². The van der Waals surface area contributed by atoms with Gasteiger partial charge in [0.1, 0.15) is 36.3 Å². The molecule has 2 aromatic heterocycles. The number of para-hydroxylation sites is 1. The van der Waals surface area contributed by atoms with E-state index >= 15 is 0 Å². The van der Waals surface area contributed by atoms with Crippen LogP contribution in [0.15, 0.2) is 121 Å². The number of fused-ring (bicyclic) bond motifs is 2. The molecule has 0 aliphatic heterocycles. The Kier molecular flexibility index (Phi) is 23.5. The molecule has 2 heterocycles. The van der Waals surface area contributed by atoms with E-state index in [1.54, 1.807) is 50.4 Å². The summed E-state index contributed by atoms with van der Waals surface area (Å²) in [4.78, 5) is 126. The van der Waals surface area contributed by atoms with Gasteiger partial charge in [-0.2, -0.15) is 0 Å². The molecule has 0 bridgehead atoms. The van der Waals surface area contributed by atoms with E-state index in [2.05, 4.69) is 57.2 Å². The molecule has 0 fully saturated rings. The molecule has 7 atom stereocenters. The van der Waals surface area contributed by atoms with Gasteiger partial charge in [-0.25, -0.2) is 4.98 Å². The predicted octanol–water partition coefficient (Wildman–Crippen LogP) is -0.00900. The highest BCUT2D eigenvalue weighted by Crippen LogP contribution is 2.22. The lowest BCUT2D eigenvalue weighted by molar-refractivity contribution is -0.134. The summed E-state index contributed by atoms with van der Waals surface area (Å²) in [5.41, 5.74) is 32.4. The first-order valence-electron chi connectivity index (χ1n) is 27.3. The zero-order chi connectivity index (χ0) is 59.1. The number of nitrogens with two attached hydrogens (primary N) is 5. The molecule has 24 heteroatoms. The number of benzene rings is 4. The number of aromatic nitrogens is 3. The van der Waals surface area contributed by atoms with Gasteiger partial charge in [-0.3, -0.25) is 43.3 Å². The van der Waals surface area contributed by atoms with E-state index in [-0.39, 0.29) is 63.4 Å². The second-order valence-electron chi connectivity index (χ2n) is 20.4. The average molecular weight is 1130 g/mol. The molecule has 0 unspecified atom stereocenters. The minimum absolute atomic E-state index is 0.000511. The Labute approximate surface area is 475 Å². The first-order valence-corrected chi connectivity index (χ1v) is 27.3. The lowest BCUT2D eigenvalue weighted by Crippen LogP contribution is -2.59. The maximum absolute atomic E-state index is 14.7. The third kappa shape index (κ3) is 18.7. The number of unbranched alkanes of at least 4 members (excludes halogenated alkanes) is 1. The number of aromatic amines is 2. The molecule has 24 nitrogen and oxygen atoms in total. The molecule has 8 amide bonds. The highest BCUT2D eigenvalue weighted by atomic mass is 16.2. The van der Waals surface area contributed by atoms with E-state index < -0.39 is 96.1 Å². The Balaban J connectivity index is 1.23. The standard InChI is InChI=1S/C58H76N16O8/c1-34(2)50(51(61)76)74-57(82)46(26-35-14-4-3-5-15-35)72-54(79)44(22-10-11-24-59)69-49(75)32-67-53(78)47(28-38-30-66-43-21-9-8-20-41(38)43)73-55(80)45(23-13-25-65-58(62)63)70-56(81)48(71-52(77)42(60)29-39-31-64-33-68-39)27-37-18-12-17-36-16-6-7-19-40(36)37/h3-9,12,14-21,30-31,33-34,42,44-48,50,66H,10-11,13,22-29,32,59-60H2,1-2H3,(H2,61,76)(H,64,68)(H,67,78)(H,69,75)(H,70,81)(H,71,77)(H,72,79)(H,73,80)(H,74,82)(H4,62,63,65)/t42-,44-,45-,46-,47-,48+,50-/m0/s1. The number of rotatable bonds is 32. The van der Waals surface area contributed by atoms with Crippen LogP contribution in [0.3, 0.4) is 0 Å². The van der Waals surface area contributed by atoms with Crippen molar-refractivity contribution in [3.63, 3.8) is 0 Å². The average Bonchev–Trinajstić information content (AvgIpc) is 4.27. The fourth-order valence-corrected chi connectivity index (χ4v) is 9.40. The van der Waals surface area contributed by atoms with E-state index in [0.29, 0.717) is 36.2 Å². The van der Waals surface area contributed by atoms with Crippen LogP contribution in [0.2, 0.25) is 0 Å². The number of carbonyl (C=O) groups excluding carboxylic acids is 8. The smallest absolute Gasteiger partial charge is 0.243 e. The van der Waals surface area contributed by atoms with Crippen LogP contribution in [-0.2, 0) is 64.0 Å². The molecule has 0 aliphatic rings. The Bertz CT molecular complexity index is 3140. The first kappa shape index (κ1) is 62.0. The number of imidazole rings is 1. The van der Waals surface area contributed by atoms with Crippen molar-refractivity contribution < 1.29 is 38.4 Å². The van der Waals surface area contributed by atoms with Crippen LogP contribution in [0.1, 0.15) is 68.3 Å². The van der Waals surface area contributed by atoms with E-state index in [0.717, 1.165) is 27.2 Å². The van der Waals surface area contributed by atoms with Crippen molar-refractivity contribution in [2.75, 3.05) is 19.6 Å². The summed E-state index contributed by atoms with van der Waals surface area (Å²) in [5.74, 6) is -6.38. The largest absolute Gasteiger partial charge is 0.370 e. The van der Waals surface area contributed by atoms with Crippen molar-refractivity contribution in [3.05, 3.63) is 138 Å². The Morgan fingerprint density at radius 3 is 1.84 bits per heavy atom. The number of guanidine groups is 1. The lowest BCUT2D eigenvalue weighted by Gasteiger charge is -2.27. The van der Waals surface area contributed by atoms with Gasteiger partial charge < -0.3 is 75.9 Å². The van der Waals surface area contributed by atoms with Crippen LogP contribution in [-0.4, -0.2) is 130 Å². The van der Waals surface area contributed by atoms with Crippen molar-refractivity contribution in [1.82, 2.24) is 52.2 Å². The van der Waals surface area contributed by atoms with Gasteiger partial charge in [0.25, 0.3) is 0 Å². The van der Waals surface area contributed by atoms with Gasteiger partial charge in [0.05, 0.1) is 18.9 Å². The van der Waals surface area contributed by atoms with Crippen LogP contribution in [0.5, 0.6) is 0 Å². The minimum atomic E-state index is -1.36. The topological polar surface area (TPSA) is 408 Å². The van der Waals surface area contributed by atoms with Crippen molar-refractivity contribution in [3.8, 4) is 0 Å². The summed E-state index contributed by atoms with van der Waals surface area (Å²) in [5, 5.41) is 21.6. The molecule has 0 radical (unpaired) electrons. The van der Waals surface area contributed by atoms with Crippen LogP contribution in [0, 0.1) is 5.92 Å². The molecule has 0 aliphatic carbocycles. The minimum Gasteiger partial charge on any atom is -0.370 e. The Morgan fingerprint density at radius 1 is 0.573 bits per heavy atom. The zero-order valence-corrected chi connectivity index (χ0v) is 46.1. The maximum Gasteiger partial charge on any atom is 0.243 e. The molecular weight excluding hydrogens is 1050 g/mol. The molecule has 6 rings (SSSR count).